The number of hydrogen-bond donors (Lipinski definition) is 4. The van der Waals surface area contributed by atoms with E-state index in [-0.39, 0.29) is 11.8 Å². The summed E-state index contributed by atoms with van der Waals surface area (Å²) in [4.78, 5) is 11.4. The molecule has 0 fully saturated rings. The smallest absolute Gasteiger partial charge is 0.319 e. The molecule has 0 aliphatic carbocycles. The monoisotopic (exact) mass is 223 g/mol. The molecule has 0 heterocycles. The van der Waals surface area contributed by atoms with Crippen molar-refractivity contribution in [2.75, 3.05) is 17.6 Å². The highest BCUT2D eigenvalue weighted by Gasteiger charge is 2.05. The Balaban J connectivity index is 2.49. The van der Waals surface area contributed by atoms with E-state index in [4.69, 9.17) is 5.73 Å². The average molecular weight is 223 g/mol. The van der Waals surface area contributed by atoms with Gasteiger partial charge >= 0.3 is 6.03 Å². The van der Waals surface area contributed by atoms with Crippen molar-refractivity contribution in [3.8, 4) is 5.75 Å². The van der Waals surface area contributed by atoms with Crippen molar-refractivity contribution >= 4 is 17.4 Å². The van der Waals surface area contributed by atoms with Crippen LogP contribution >= 0.6 is 0 Å². The van der Waals surface area contributed by atoms with E-state index < -0.39 is 0 Å². The molecular formula is C11H17N3O2. The van der Waals surface area contributed by atoms with Crippen molar-refractivity contribution in [3.63, 3.8) is 0 Å². The largest absolute Gasteiger partial charge is 0.506 e. The van der Waals surface area contributed by atoms with Crippen LogP contribution in [0.1, 0.15) is 19.8 Å². The molecule has 5 nitrogen and oxygen atoms in total. The van der Waals surface area contributed by atoms with Crippen LogP contribution in [0.5, 0.6) is 5.75 Å². The predicted octanol–water partition coefficient (Wildman–Crippen LogP) is 1.90. The van der Waals surface area contributed by atoms with Gasteiger partial charge in [-0.1, -0.05) is 13.3 Å². The Hall–Kier alpha value is -1.91. The lowest BCUT2D eigenvalue weighted by atomic mass is 10.2. The van der Waals surface area contributed by atoms with Crippen molar-refractivity contribution in [2.45, 2.75) is 19.8 Å². The molecule has 88 valence electrons. The van der Waals surface area contributed by atoms with Gasteiger partial charge in [0.1, 0.15) is 5.75 Å². The molecule has 0 aliphatic rings. The van der Waals surface area contributed by atoms with Crippen molar-refractivity contribution in [1.29, 1.82) is 0 Å². The van der Waals surface area contributed by atoms with E-state index in [1.54, 1.807) is 12.1 Å². The fraction of sp³-hybridized carbons (Fsp3) is 0.364. The van der Waals surface area contributed by atoms with E-state index in [0.717, 1.165) is 12.8 Å². The molecule has 1 aromatic rings. The number of nitrogens with one attached hydrogen (secondary N) is 2. The van der Waals surface area contributed by atoms with Crippen LogP contribution < -0.4 is 16.4 Å². The summed E-state index contributed by atoms with van der Waals surface area (Å²) in [6.45, 7) is 2.67. The van der Waals surface area contributed by atoms with E-state index in [1.165, 1.54) is 6.07 Å². The van der Waals surface area contributed by atoms with Gasteiger partial charge in [-0.05, 0) is 18.6 Å². The molecular weight excluding hydrogens is 206 g/mol. The minimum Gasteiger partial charge on any atom is -0.506 e. The van der Waals surface area contributed by atoms with Crippen LogP contribution in [-0.4, -0.2) is 17.7 Å². The molecule has 0 bridgehead atoms. The van der Waals surface area contributed by atoms with Crippen LogP contribution in [0.4, 0.5) is 16.2 Å². The molecule has 5 N–H and O–H groups in total. The van der Waals surface area contributed by atoms with Crippen LogP contribution in [0.15, 0.2) is 18.2 Å². The number of carbonyl (C=O) groups excluding carboxylic acids is 1. The van der Waals surface area contributed by atoms with E-state index in [9.17, 15) is 9.90 Å². The van der Waals surface area contributed by atoms with E-state index in [1.807, 2.05) is 6.92 Å². The lowest BCUT2D eigenvalue weighted by Crippen LogP contribution is -2.29. The molecule has 1 aromatic carbocycles. The van der Waals surface area contributed by atoms with Gasteiger partial charge in [0.05, 0.1) is 5.69 Å². The zero-order valence-corrected chi connectivity index (χ0v) is 9.29. The Morgan fingerprint density at radius 1 is 1.50 bits per heavy atom. The number of aromatic hydroxyl groups is 1. The maximum absolute atomic E-state index is 11.4. The number of benzene rings is 1. The number of carbonyl (C=O) groups is 1. The fourth-order valence-corrected chi connectivity index (χ4v) is 1.20. The predicted molar refractivity (Wildman–Crippen MR) is 64.4 cm³/mol. The zero-order chi connectivity index (χ0) is 12.0. The summed E-state index contributed by atoms with van der Waals surface area (Å²) < 4.78 is 0. The first-order valence-corrected chi connectivity index (χ1v) is 5.27. The number of phenols is 1. The van der Waals surface area contributed by atoms with Gasteiger partial charge in [0.25, 0.3) is 0 Å². The van der Waals surface area contributed by atoms with Gasteiger partial charge in [-0.2, -0.15) is 0 Å². The van der Waals surface area contributed by atoms with Gasteiger partial charge < -0.3 is 21.5 Å². The number of anilines is 2. The number of rotatable bonds is 4. The van der Waals surface area contributed by atoms with Crippen molar-refractivity contribution in [1.82, 2.24) is 5.32 Å². The first kappa shape index (κ1) is 12.2. The van der Waals surface area contributed by atoms with Crippen LogP contribution in [0.25, 0.3) is 0 Å². The number of urea groups is 1. The highest BCUT2D eigenvalue weighted by atomic mass is 16.3. The quantitative estimate of drug-likeness (QED) is 0.357. The summed E-state index contributed by atoms with van der Waals surface area (Å²) in [5.74, 6) is -0.0364. The molecule has 0 saturated heterocycles. The summed E-state index contributed by atoms with van der Waals surface area (Å²) in [6, 6.07) is 4.24. The summed E-state index contributed by atoms with van der Waals surface area (Å²) >= 11 is 0. The van der Waals surface area contributed by atoms with Crippen molar-refractivity contribution in [3.05, 3.63) is 18.2 Å². The van der Waals surface area contributed by atoms with E-state index in [0.29, 0.717) is 17.9 Å². The third-order valence-corrected chi connectivity index (χ3v) is 2.09. The maximum atomic E-state index is 11.4. The molecule has 1 rings (SSSR count). The molecule has 2 amide bonds. The topological polar surface area (TPSA) is 87.4 Å². The van der Waals surface area contributed by atoms with Crippen LogP contribution in [0, 0.1) is 0 Å². The van der Waals surface area contributed by atoms with E-state index >= 15 is 0 Å². The summed E-state index contributed by atoms with van der Waals surface area (Å²) in [7, 11) is 0. The molecule has 0 atom stereocenters. The number of hydrogen-bond acceptors (Lipinski definition) is 3. The molecule has 16 heavy (non-hydrogen) atoms. The Morgan fingerprint density at radius 2 is 2.25 bits per heavy atom. The van der Waals surface area contributed by atoms with Gasteiger partial charge in [-0.15, -0.1) is 0 Å². The van der Waals surface area contributed by atoms with Gasteiger partial charge in [-0.25, -0.2) is 4.79 Å². The number of nitrogen functional groups attached to an aromatic ring is 1. The zero-order valence-electron chi connectivity index (χ0n) is 9.29. The minimum absolute atomic E-state index is 0.0364. The normalized spacial score (nSPS) is 9.81. The number of phenolic OH excluding ortho intramolecular Hbond substituents is 1. The molecule has 0 saturated carbocycles. The SMILES string of the molecule is CCCCNC(=O)Nc1ccc(N)cc1O. The minimum atomic E-state index is -0.325. The first-order valence-electron chi connectivity index (χ1n) is 5.27. The Kier molecular flexibility index (Phi) is 4.44. The molecule has 0 unspecified atom stereocenters. The highest BCUT2D eigenvalue weighted by Crippen LogP contribution is 2.24. The lowest BCUT2D eigenvalue weighted by Gasteiger charge is -2.08. The molecule has 5 heteroatoms. The second kappa shape index (κ2) is 5.85. The van der Waals surface area contributed by atoms with Crippen LogP contribution in [0.2, 0.25) is 0 Å². The maximum Gasteiger partial charge on any atom is 0.319 e. The Bertz CT molecular complexity index is 366. The average Bonchev–Trinajstić information content (AvgIpc) is 2.23. The Labute approximate surface area is 94.7 Å². The third kappa shape index (κ3) is 3.68. The Morgan fingerprint density at radius 3 is 2.88 bits per heavy atom. The van der Waals surface area contributed by atoms with Gasteiger partial charge in [0.2, 0.25) is 0 Å². The number of nitrogens with two attached hydrogens (primary N) is 1. The van der Waals surface area contributed by atoms with E-state index in [2.05, 4.69) is 10.6 Å². The second-order valence-electron chi connectivity index (χ2n) is 3.51. The summed E-state index contributed by atoms with van der Waals surface area (Å²) in [5.41, 5.74) is 6.27. The van der Waals surface area contributed by atoms with Crippen molar-refractivity contribution in [2.24, 2.45) is 0 Å². The van der Waals surface area contributed by atoms with Gasteiger partial charge in [0.15, 0.2) is 0 Å². The highest BCUT2D eigenvalue weighted by molar-refractivity contribution is 5.91. The molecule has 0 spiro atoms. The van der Waals surface area contributed by atoms with Crippen LogP contribution in [-0.2, 0) is 0 Å². The fourth-order valence-electron chi connectivity index (χ4n) is 1.20. The van der Waals surface area contributed by atoms with Gasteiger partial charge in [-0.3, -0.25) is 0 Å². The first-order chi connectivity index (χ1) is 7.63. The number of amides is 2. The standard InChI is InChI=1S/C11H17N3O2/c1-2-3-6-13-11(16)14-9-5-4-8(12)7-10(9)15/h4-5,7,15H,2-3,6,12H2,1H3,(H2,13,14,16). The molecule has 0 aliphatic heterocycles. The molecule has 0 aromatic heterocycles. The lowest BCUT2D eigenvalue weighted by molar-refractivity contribution is 0.252. The van der Waals surface area contributed by atoms with Gasteiger partial charge in [0, 0.05) is 18.3 Å². The molecule has 0 radical (unpaired) electrons. The summed E-state index contributed by atoms with van der Waals surface area (Å²) in [6.07, 6.45) is 1.95. The van der Waals surface area contributed by atoms with Crippen LogP contribution in [0.3, 0.4) is 0 Å². The van der Waals surface area contributed by atoms with Crippen molar-refractivity contribution < 1.29 is 9.90 Å². The second-order valence-corrected chi connectivity index (χ2v) is 3.51. The summed E-state index contributed by atoms with van der Waals surface area (Å²) in [5, 5.41) is 14.7. The number of unbranched alkanes of at least 4 members (excludes halogenated alkanes) is 1. The third-order valence-electron chi connectivity index (χ3n) is 2.09.